The Morgan fingerprint density at radius 1 is 1.64 bits per heavy atom. The molecule has 5 nitrogen and oxygen atoms in total. The van der Waals surface area contributed by atoms with Gasteiger partial charge in [-0.3, -0.25) is 4.68 Å². The van der Waals surface area contributed by atoms with E-state index in [1.165, 1.54) is 0 Å². The highest BCUT2D eigenvalue weighted by Crippen LogP contribution is 1.99. The van der Waals surface area contributed by atoms with Gasteiger partial charge in [0.2, 0.25) is 0 Å². The molecule has 14 heavy (non-hydrogen) atoms. The molecule has 0 aliphatic heterocycles. The predicted octanol–water partition coefficient (Wildman–Crippen LogP) is -0.0158. The average Bonchev–Trinajstić information content (AvgIpc) is 2.48. The van der Waals surface area contributed by atoms with Gasteiger partial charge in [-0.1, -0.05) is 5.21 Å². The van der Waals surface area contributed by atoms with Crippen LogP contribution < -0.4 is 5.73 Å². The number of aromatic nitrogens is 3. The van der Waals surface area contributed by atoms with Crippen molar-refractivity contribution >= 4 is 0 Å². The van der Waals surface area contributed by atoms with Crippen LogP contribution in [0.3, 0.4) is 0 Å². The second-order valence-corrected chi connectivity index (χ2v) is 3.89. The van der Waals surface area contributed by atoms with Crippen LogP contribution in [0.4, 0.5) is 0 Å². The maximum atomic E-state index is 5.68. The molecule has 5 heteroatoms. The second kappa shape index (κ2) is 5.07. The molecular weight excluding hydrogens is 178 g/mol. The first-order valence-corrected chi connectivity index (χ1v) is 4.87. The van der Waals surface area contributed by atoms with E-state index in [1.807, 2.05) is 20.2 Å². The zero-order valence-electron chi connectivity index (χ0n) is 9.14. The van der Waals surface area contributed by atoms with E-state index in [1.54, 1.807) is 4.68 Å². The summed E-state index contributed by atoms with van der Waals surface area (Å²) in [6.45, 7) is 3.85. The van der Waals surface area contributed by atoms with Gasteiger partial charge in [-0.15, -0.1) is 5.10 Å². The van der Waals surface area contributed by atoms with Crippen molar-refractivity contribution in [2.75, 3.05) is 13.6 Å². The van der Waals surface area contributed by atoms with Gasteiger partial charge >= 0.3 is 0 Å². The zero-order chi connectivity index (χ0) is 10.6. The highest BCUT2D eigenvalue weighted by atomic mass is 15.4. The molecule has 0 bridgehead atoms. The van der Waals surface area contributed by atoms with E-state index in [-0.39, 0.29) is 6.04 Å². The summed E-state index contributed by atoms with van der Waals surface area (Å²) >= 11 is 0. The summed E-state index contributed by atoms with van der Waals surface area (Å²) in [5.74, 6) is 0. The maximum Gasteiger partial charge on any atom is 0.0966 e. The van der Waals surface area contributed by atoms with E-state index in [0.29, 0.717) is 0 Å². The van der Waals surface area contributed by atoms with Gasteiger partial charge in [0, 0.05) is 25.8 Å². The van der Waals surface area contributed by atoms with Crippen LogP contribution in [-0.2, 0) is 13.6 Å². The Hall–Kier alpha value is -0.940. The van der Waals surface area contributed by atoms with Crippen molar-refractivity contribution in [1.82, 2.24) is 19.9 Å². The molecule has 2 N–H and O–H groups in total. The number of nitrogens with zero attached hydrogens (tertiary/aromatic N) is 4. The molecule has 0 saturated heterocycles. The lowest BCUT2D eigenvalue weighted by molar-refractivity contribution is 0.310. The third-order valence-corrected chi connectivity index (χ3v) is 2.05. The lowest BCUT2D eigenvalue weighted by Gasteiger charge is -2.15. The normalized spacial score (nSPS) is 13.5. The molecule has 0 aliphatic carbocycles. The van der Waals surface area contributed by atoms with Gasteiger partial charge in [-0.25, -0.2) is 0 Å². The Balaban J connectivity index is 2.30. The van der Waals surface area contributed by atoms with E-state index in [9.17, 15) is 0 Å². The van der Waals surface area contributed by atoms with E-state index in [4.69, 9.17) is 5.73 Å². The number of aryl methyl sites for hydroxylation is 1. The van der Waals surface area contributed by atoms with Gasteiger partial charge in [-0.2, -0.15) is 0 Å². The summed E-state index contributed by atoms with van der Waals surface area (Å²) in [5, 5.41) is 7.90. The number of hydrogen-bond acceptors (Lipinski definition) is 4. The van der Waals surface area contributed by atoms with Gasteiger partial charge in [-0.05, 0) is 26.9 Å². The lowest BCUT2D eigenvalue weighted by atomic mass is 10.2. The Labute approximate surface area is 84.9 Å². The van der Waals surface area contributed by atoms with Gasteiger partial charge in [0.1, 0.15) is 0 Å². The minimum Gasteiger partial charge on any atom is -0.328 e. The van der Waals surface area contributed by atoms with Gasteiger partial charge in [0.05, 0.1) is 5.69 Å². The first-order valence-electron chi connectivity index (χ1n) is 4.87. The van der Waals surface area contributed by atoms with Crippen LogP contribution in [0.15, 0.2) is 6.20 Å². The number of nitrogens with two attached hydrogens (primary N) is 1. The molecule has 0 spiro atoms. The molecular formula is C9H19N5. The molecule has 1 heterocycles. The summed E-state index contributed by atoms with van der Waals surface area (Å²) in [4.78, 5) is 2.20. The molecule has 1 aromatic heterocycles. The van der Waals surface area contributed by atoms with Crippen LogP contribution >= 0.6 is 0 Å². The lowest BCUT2D eigenvalue weighted by Crippen LogP contribution is -2.25. The van der Waals surface area contributed by atoms with Crippen molar-refractivity contribution in [3.63, 3.8) is 0 Å². The first-order chi connectivity index (χ1) is 6.58. The molecule has 0 aromatic carbocycles. The Bertz CT molecular complexity index is 268. The van der Waals surface area contributed by atoms with Crippen LogP contribution in [0.2, 0.25) is 0 Å². The van der Waals surface area contributed by atoms with Crippen molar-refractivity contribution in [2.24, 2.45) is 12.8 Å². The molecule has 0 amide bonds. The molecule has 0 radical (unpaired) electrons. The monoisotopic (exact) mass is 197 g/mol. The fourth-order valence-electron chi connectivity index (χ4n) is 1.25. The van der Waals surface area contributed by atoms with Crippen LogP contribution in [0.5, 0.6) is 0 Å². The summed E-state index contributed by atoms with van der Waals surface area (Å²) in [6, 6.07) is 0.263. The minimum atomic E-state index is 0.263. The third-order valence-electron chi connectivity index (χ3n) is 2.05. The molecule has 1 aromatic rings. The van der Waals surface area contributed by atoms with E-state index >= 15 is 0 Å². The largest absolute Gasteiger partial charge is 0.328 e. The van der Waals surface area contributed by atoms with Crippen LogP contribution in [-0.4, -0.2) is 39.5 Å². The highest BCUT2D eigenvalue weighted by Gasteiger charge is 2.04. The first kappa shape index (κ1) is 11.1. The second-order valence-electron chi connectivity index (χ2n) is 3.89. The number of hydrogen-bond donors (Lipinski definition) is 1. The van der Waals surface area contributed by atoms with Gasteiger partial charge in [0.25, 0.3) is 0 Å². The van der Waals surface area contributed by atoms with Crippen molar-refractivity contribution in [3.8, 4) is 0 Å². The summed E-state index contributed by atoms with van der Waals surface area (Å²) in [6.07, 6.45) is 2.94. The summed E-state index contributed by atoms with van der Waals surface area (Å²) < 4.78 is 1.72. The predicted molar refractivity (Wildman–Crippen MR) is 55.6 cm³/mol. The van der Waals surface area contributed by atoms with Crippen LogP contribution in [0.1, 0.15) is 19.0 Å². The standard InChI is InChI=1S/C9H19N5/c1-8(10)4-5-13(2)6-9-7-14(3)12-11-9/h7-8H,4-6,10H2,1-3H3. The molecule has 1 rings (SSSR count). The summed E-state index contributed by atoms with van der Waals surface area (Å²) in [5.41, 5.74) is 6.68. The Morgan fingerprint density at radius 2 is 2.36 bits per heavy atom. The third kappa shape index (κ3) is 3.85. The minimum absolute atomic E-state index is 0.263. The van der Waals surface area contributed by atoms with Gasteiger partial charge < -0.3 is 10.6 Å². The molecule has 1 unspecified atom stereocenters. The number of rotatable bonds is 5. The molecule has 0 aliphatic rings. The average molecular weight is 197 g/mol. The molecule has 0 fully saturated rings. The molecule has 0 saturated carbocycles. The fraction of sp³-hybridized carbons (Fsp3) is 0.778. The van der Waals surface area contributed by atoms with E-state index < -0.39 is 0 Å². The van der Waals surface area contributed by atoms with Crippen molar-refractivity contribution < 1.29 is 0 Å². The van der Waals surface area contributed by atoms with Crippen LogP contribution in [0.25, 0.3) is 0 Å². The van der Waals surface area contributed by atoms with E-state index in [0.717, 1.165) is 25.2 Å². The zero-order valence-corrected chi connectivity index (χ0v) is 9.14. The quantitative estimate of drug-likeness (QED) is 0.721. The molecule has 1 atom stereocenters. The fourth-order valence-corrected chi connectivity index (χ4v) is 1.25. The Kier molecular flexibility index (Phi) is 4.03. The van der Waals surface area contributed by atoms with Crippen LogP contribution in [0, 0.1) is 0 Å². The van der Waals surface area contributed by atoms with E-state index in [2.05, 4.69) is 22.3 Å². The maximum absolute atomic E-state index is 5.68. The van der Waals surface area contributed by atoms with Crippen molar-refractivity contribution in [1.29, 1.82) is 0 Å². The van der Waals surface area contributed by atoms with Crippen molar-refractivity contribution in [3.05, 3.63) is 11.9 Å². The smallest absolute Gasteiger partial charge is 0.0966 e. The molecule has 80 valence electrons. The highest BCUT2D eigenvalue weighted by molar-refractivity contribution is 4.91. The topological polar surface area (TPSA) is 60.0 Å². The van der Waals surface area contributed by atoms with Crippen molar-refractivity contribution in [2.45, 2.75) is 25.9 Å². The van der Waals surface area contributed by atoms with Gasteiger partial charge in [0.15, 0.2) is 0 Å². The Morgan fingerprint density at radius 3 is 2.86 bits per heavy atom. The summed E-state index contributed by atoms with van der Waals surface area (Å²) in [7, 11) is 3.94. The SMILES string of the molecule is CC(N)CCN(C)Cc1cn(C)nn1.